The van der Waals surface area contributed by atoms with Gasteiger partial charge in [-0.05, 0) is 17.7 Å². The number of hydrogen-bond donors (Lipinski definition) is 2. The molecule has 0 saturated carbocycles. The molecule has 0 fully saturated rings. The van der Waals surface area contributed by atoms with E-state index in [1.807, 2.05) is 6.07 Å². The smallest absolute Gasteiger partial charge is 0.307 e. The average molecular weight is 228 g/mol. The lowest BCUT2D eigenvalue weighted by molar-refractivity contribution is -0.136. The first-order chi connectivity index (χ1) is 6.54. The number of hydrogen-bond acceptors (Lipinski definition) is 3. The summed E-state index contributed by atoms with van der Waals surface area (Å²) in [5, 5.41) is 17.7. The number of thiol groups is 1. The van der Waals surface area contributed by atoms with Crippen LogP contribution >= 0.6 is 24.2 Å². The topological polar surface area (TPSA) is 61.1 Å². The van der Waals surface area contributed by atoms with E-state index in [0.717, 1.165) is 0 Å². The summed E-state index contributed by atoms with van der Waals surface area (Å²) in [4.78, 5) is 10.9. The molecule has 0 radical (unpaired) electrons. The zero-order valence-electron chi connectivity index (χ0n) is 6.99. The highest BCUT2D eigenvalue weighted by molar-refractivity contribution is 7.80. The molecule has 0 bridgehead atoms. The first kappa shape index (κ1) is 10.9. The van der Waals surface area contributed by atoms with Crippen molar-refractivity contribution in [1.82, 2.24) is 0 Å². The van der Waals surface area contributed by atoms with Gasteiger partial charge in [-0.2, -0.15) is 5.26 Å². The number of carbonyl (C=O) groups is 1. The van der Waals surface area contributed by atoms with Gasteiger partial charge >= 0.3 is 5.97 Å². The Hall–Kier alpha value is -1.18. The van der Waals surface area contributed by atoms with Crippen LogP contribution in [0.4, 0.5) is 0 Å². The summed E-state index contributed by atoms with van der Waals surface area (Å²) >= 11 is 9.76. The van der Waals surface area contributed by atoms with Gasteiger partial charge in [0.15, 0.2) is 0 Å². The molecule has 0 aliphatic carbocycles. The second kappa shape index (κ2) is 4.36. The second-order valence-corrected chi connectivity index (χ2v) is 3.55. The predicted molar refractivity (Wildman–Crippen MR) is 54.8 cm³/mol. The monoisotopic (exact) mass is 227 g/mol. The molecule has 1 N–H and O–H groups in total. The maximum atomic E-state index is 10.5. The number of nitriles is 1. The standard InChI is InChI=1S/C9H6ClNO2S/c10-6-1-5(4-11)7(3-9(12)13)8(14)2-6/h1-2,14H,3H2,(H,12,13). The first-order valence-electron chi connectivity index (χ1n) is 3.68. The van der Waals surface area contributed by atoms with E-state index in [1.54, 1.807) is 0 Å². The third-order valence-electron chi connectivity index (χ3n) is 1.64. The normalized spacial score (nSPS) is 9.50. The van der Waals surface area contributed by atoms with Crippen LogP contribution in [0.5, 0.6) is 0 Å². The van der Waals surface area contributed by atoms with Crippen LogP contribution in [-0.4, -0.2) is 11.1 Å². The van der Waals surface area contributed by atoms with Crippen molar-refractivity contribution in [2.75, 3.05) is 0 Å². The Bertz CT molecular complexity index is 426. The molecule has 0 saturated heterocycles. The minimum atomic E-state index is -1.00. The lowest BCUT2D eigenvalue weighted by Crippen LogP contribution is -2.03. The van der Waals surface area contributed by atoms with Crippen molar-refractivity contribution in [3.8, 4) is 6.07 Å². The van der Waals surface area contributed by atoms with Crippen molar-refractivity contribution in [3.63, 3.8) is 0 Å². The maximum Gasteiger partial charge on any atom is 0.307 e. The predicted octanol–water partition coefficient (Wildman–Crippen LogP) is 2.13. The molecular formula is C9H6ClNO2S. The van der Waals surface area contributed by atoms with E-state index >= 15 is 0 Å². The van der Waals surface area contributed by atoms with Crippen LogP contribution in [0.15, 0.2) is 17.0 Å². The number of benzene rings is 1. The fourth-order valence-electron chi connectivity index (χ4n) is 1.06. The van der Waals surface area contributed by atoms with Crippen molar-refractivity contribution in [1.29, 1.82) is 5.26 Å². The highest BCUT2D eigenvalue weighted by atomic mass is 35.5. The minimum Gasteiger partial charge on any atom is -0.481 e. The van der Waals surface area contributed by atoms with Crippen LogP contribution in [0.1, 0.15) is 11.1 Å². The van der Waals surface area contributed by atoms with Crippen molar-refractivity contribution in [3.05, 3.63) is 28.3 Å². The van der Waals surface area contributed by atoms with E-state index in [0.29, 0.717) is 15.5 Å². The molecule has 0 aliphatic heterocycles. The van der Waals surface area contributed by atoms with Crippen LogP contribution in [0.2, 0.25) is 5.02 Å². The highest BCUT2D eigenvalue weighted by Crippen LogP contribution is 2.24. The quantitative estimate of drug-likeness (QED) is 0.761. The molecule has 0 aromatic heterocycles. The Labute approximate surface area is 91.3 Å². The summed E-state index contributed by atoms with van der Waals surface area (Å²) in [6.07, 6.45) is -0.223. The van der Waals surface area contributed by atoms with Gasteiger partial charge in [-0.15, -0.1) is 12.6 Å². The van der Waals surface area contributed by atoms with E-state index in [9.17, 15) is 4.79 Å². The molecule has 72 valence electrons. The van der Waals surface area contributed by atoms with E-state index in [1.165, 1.54) is 12.1 Å². The number of aliphatic carboxylic acids is 1. The van der Waals surface area contributed by atoms with E-state index in [2.05, 4.69) is 12.6 Å². The number of carboxylic acids is 1. The van der Waals surface area contributed by atoms with Gasteiger partial charge in [0, 0.05) is 9.92 Å². The Morgan fingerprint density at radius 1 is 1.64 bits per heavy atom. The molecule has 0 spiro atoms. The summed E-state index contributed by atoms with van der Waals surface area (Å²) in [6.45, 7) is 0. The van der Waals surface area contributed by atoms with Gasteiger partial charge in [0.05, 0.1) is 18.1 Å². The third kappa shape index (κ3) is 2.41. The van der Waals surface area contributed by atoms with Crippen molar-refractivity contribution in [2.24, 2.45) is 0 Å². The molecule has 0 heterocycles. The van der Waals surface area contributed by atoms with Gasteiger partial charge in [0.1, 0.15) is 0 Å². The van der Waals surface area contributed by atoms with Gasteiger partial charge in [-0.3, -0.25) is 4.79 Å². The summed E-state index contributed by atoms with van der Waals surface area (Å²) < 4.78 is 0. The van der Waals surface area contributed by atoms with Crippen molar-refractivity contribution >= 4 is 30.2 Å². The Balaban J connectivity index is 3.27. The molecule has 3 nitrogen and oxygen atoms in total. The van der Waals surface area contributed by atoms with E-state index in [4.69, 9.17) is 22.0 Å². The molecule has 0 aliphatic rings. The summed E-state index contributed by atoms with van der Waals surface area (Å²) in [5.41, 5.74) is 0.651. The molecule has 1 rings (SSSR count). The largest absolute Gasteiger partial charge is 0.481 e. The van der Waals surface area contributed by atoms with Gasteiger partial charge in [0.2, 0.25) is 0 Å². The van der Waals surface area contributed by atoms with E-state index in [-0.39, 0.29) is 12.0 Å². The lowest BCUT2D eigenvalue weighted by atomic mass is 10.1. The fraction of sp³-hybridized carbons (Fsp3) is 0.111. The molecular weight excluding hydrogens is 222 g/mol. The third-order valence-corrected chi connectivity index (χ3v) is 2.26. The van der Waals surface area contributed by atoms with Crippen molar-refractivity contribution in [2.45, 2.75) is 11.3 Å². The molecule has 0 atom stereocenters. The maximum absolute atomic E-state index is 10.5. The van der Waals surface area contributed by atoms with Gasteiger partial charge in [-0.1, -0.05) is 11.6 Å². The van der Waals surface area contributed by atoms with Crippen LogP contribution in [0.3, 0.4) is 0 Å². The van der Waals surface area contributed by atoms with E-state index < -0.39 is 5.97 Å². The van der Waals surface area contributed by atoms with Crippen LogP contribution in [-0.2, 0) is 11.2 Å². The molecule has 0 amide bonds. The number of halogens is 1. The van der Waals surface area contributed by atoms with Crippen molar-refractivity contribution < 1.29 is 9.90 Å². The molecule has 1 aromatic carbocycles. The Morgan fingerprint density at radius 3 is 2.79 bits per heavy atom. The highest BCUT2D eigenvalue weighted by Gasteiger charge is 2.11. The number of carboxylic acid groups (broad SMARTS) is 1. The number of rotatable bonds is 2. The fourth-order valence-corrected chi connectivity index (χ4v) is 1.69. The molecule has 5 heteroatoms. The zero-order chi connectivity index (χ0) is 10.7. The first-order valence-corrected chi connectivity index (χ1v) is 4.50. The molecule has 1 aromatic rings. The van der Waals surface area contributed by atoms with Crippen LogP contribution in [0.25, 0.3) is 0 Å². The summed E-state index contributed by atoms with van der Waals surface area (Å²) in [7, 11) is 0. The average Bonchev–Trinajstić information content (AvgIpc) is 2.08. The van der Waals surface area contributed by atoms with Crippen LogP contribution < -0.4 is 0 Å². The van der Waals surface area contributed by atoms with Crippen LogP contribution in [0, 0.1) is 11.3 Å². The zero-order valence-corrected chi connectivity index (χ0v) is 8.64. The Morgan fingerprint density at radius 2 is 2.29 bits per heavy atom. The number of nitrogens with zero attached hydrogens (tertiary/aromatic N) is 1. The second-order valence-electron chi connectivity index (χ2n) is 2.63. The summed E-state index contributed by atoms with van der Waals surface area (Å²) in [5.74, 6) is -1.00. The van der Waals surface area contributed by atoms with Gasteiger partial charge < -0.3 is 5.11 Å². The van der Waals surface area contributed by atoms with Gasteiger partial charge in [-0.25, -0.2) is 0 Å². The SMILES string of the molecule is N#Cc1cc(Cl)cc(S)c1CC(=O)O. The van der Waals surface area contributed by atoms with Gasteiger partial charge in [0.25, 0.3) is 0 Å². The minimum absolute atomic E-state index is 0.223. The molecule has 14 heavy (non-hydrogen) atoms. The lowest BCUT2D eigenvalue weighted by Gasteiger charge is -2.05. The summed E-state index contributed by atoms with van der Waals surface area (Å²) in [6, 6.07) is 4.83. The molecule has 0 unspecified atom stereocenters. The Kier molecular flexibility index (Phi) is 3.39.